The van der Waals surface area contributed by atoms with Crippen molar-refractivity contribution in [2.24, 2.45) is 7.05 Å². The van der Waals surface area contributed by atoms with Gasteiger partial charge in [0.05, 0.1) is 17.7 Å². The number of pyridine rings is 2. The number of aromatic nitrogens is 3. The molecule has 13 heteroatoms. The molecule has 1 saturated carbocycles. The molecule has 2 aromatic carbocycles. The Kier molecular flexibility index (Phi) is 16.7. The number of aliphatic hydroxyl groups is 1. The Hall–Kier alpha value is -5.66. The minimum absolute atomic E-state index is 0.138. The third-order valence-corrected chi connectivity index (χ3v) is 10.4. The lowest BCUT2D eigenvalue weighted by Crippen LogP contribution is -2.47. The van der Waals surface area contributed by atoms with Gasteiger partial charge in [-0.1, -0.05) is 12.1 Å². The van der Waals surface area contributed by atoms with E-state index in [0.717, 1.165) is 62.0 Å². The summed E-state index contributed by atoms with van der Waals surface area (Å²) in [5.74, 6) is 0.351. The average molecular weight is 794 g/mol. The summed E-state index contributed by atoms with van der Waals surface area (Å²) in [5.41, 5.74) is 5.00. The second-order valence-electron chi connectivity index (χ2n) is 14.3. The lowest BCUT2D eigenvalue weighted by Gasteiger charge is -2.27. The first-order chi connectivity index (χ1) is 28.3. The largest absolute Gasteiger partial charge is 0.494 e. The molecule has 3 heterocycles. The van der Waals surface area contributed by atoms with Crippen molar-refractivity contribution in [2.45, 2.75) is 76.4 Å². The molecule has 58 heavy (non-hydrogen) atoms. The highest BCUT2D eigenvalue weighted by molar-refractivity contribution is 6.08. The molecule has 1 atom stereocenters. The molecule has 0 bridgehead atoms. The van der Waals surface area contributed by atoms with Crippen molar-refractivity contribution in [2.75, 3.05) is 40.5 Å². The highest BCUT2D eigenvalue weighted by atomic mass is 16.5. The van der Waals surface area contributed by atoms with Gasteiger partial charge in [0.2, 0.25) is 11.8 Å². The second kappa shape index (κ2) is 22.3. The number of hydrogen-bond donors (Lipinski definition) is 2. The average Bonchev–Trinajstić information content (AvgIpc) is 3.53. The zero-order valence-electron chi connectivity index (χ0n) is 33.7. The summed E-state index contributed by atoms with van der Waals surface area (Å²) in [6.07, 6.45) is 15.5. The van der Waals surface area contributed by atoms with Gasteiger partial charge < -0.3 is 38.9 Å². The minimum Gasteiger partial charge on any atom is -0.494 e. The molecule has 6 rings (SSSR count). The monoisotopic (exact) mass is 793 g/mol. The van der Waals surface area contributed by atoms with Crippen LogP contribution in [0, 0.1) is 0 Å². The smallest absolute Gasteiger partial charge is 0.255 e. The van der Waals surface area contributed by atoms with Crippen LogP contribution in [0.5, 0.6) is 11.6 Å². The molecular formula is C45H55N5O8. The number of aryl methyl sites for hydroxylation is 1. The Morgan fingerprint density at radius 1 is 0.931 bits per heavy atom. The Morgan fingerprint density at radius 2 is 1.71 bits per heavy atom. The third kappa shape index (κ3) is 11.5. The quantitative estimate of drug-likeness (QED) is 0.0603. The van der Waals surface area contributed by atoms with Gasteiger partial charge in [0.15, 0.2) is 6.29 Å². The molecule has 3 aromatic heterocycles. The van der Waals surface area contributed by atoms with Crippen molar-refractivity contribution in [1.29, 1.82) is 0 Å². The van der Waals surface area contributed by atoms with Crippen molar-refractivity contribution in [3.8, 4) is 22.8 Å². The van der Waals surface area contributed by atoms with E-state index in [1.807, 2.05) is 24.7 Å². The molecule has 0 saturated heterocycles. The Labute approximate surface area is 339 Å². The van der Waals surface area contributed by atoms with Crippen molar-refractivity contribution in [1.82, 2.24) is 24.8 Å². The number of nitrogens with one attached hydrogen (secondary N) is 1. The van der Waals surface area contributed by atoms with E-state index in [9.17, 15) is 19.2 Å². The Morgan fingerprint density at radius 3 is 2.40 bits per heavy atom. The lowest BCUT2D eigenvalue weighted by atomic mass is 9.96. The summed E-state index contributed by atoms with van der Waals surface area (Å²) in [6.45, 7) is 2.00. The van der Waals surface area contributed by atoms with Crippen LogP contribution in [0.1, 0.15) is 84.9 Å². The van der Waals surface area contributed by atoms with E-state index >= 15 is 0 Å². The van der Waals surface area contributed by atoms with E-state index < -0.39 is 11.9 Å². The fraction of sp³-hybridized carbons (Fsp3) is 0.422. The van der Waals surface area contributed by atoms with Crippen molar-refractivity contribution >= 4 is 46.2 Å². The van der Waals surface area contributed by atoms with Crippen molar-refractivity contribution in [3.05, 3.63) is 84.3 Å². The maximum absolute atomic E-state index is 12.9. The van der Waals surface area contributed by atoms with Crippen LogP contribution in [0.15, 0.2) is 73.2 Å². The van der Waals surface area contributed by atoms with Crippen LogP contribution in [0.25, 0.3) is 32.9 Å². The SMILES string of the molecule is CNC(=O)C(CCC=O)N(C)C(=O)c1ccc(OCCCCCOCCCCO)cc1C=O.Cn1c2ccncc2c2ccc(-c3ccc(OC4CCC4)nc3)cc21. The van der Waals surface area contributed by atoms with Crippen LogP contribution in [0.3, 0.4) is 0 Å². The minimum atomic E-state index is -0.818. The van der Waals surface area contributed by atoms with Gasteiger partial charge in [0.1, 0.15) is 24.2 Å². The molecule has 308 valence electrons. The number of carbonyl (C=O) groups is 4. The summed E-state index contributed by atoms with van der Waals surface area (Å²) in [6, 6.07) is 16.5. The van der Waals surface area contributed by atoms with Gasteiger partial charge in [0.25, 0.3) is 5.91 Å². The van der Waals surface area contributed by atoms with E-state index in [2.05, 4.69) is 57.2 Å². The molecule has 1 fully saturated rings. The first-order valence-corrected chi connectivity index (χ1v) is 20.1. The first-order valence-electron chi connectivity index (χ1n) is 20.1. The van der Waals surface area contributed by atoms with E-state index in [4.69, 9.17) is 19.3 Å². The first kappa shape index (κ1) is 43.5. The zero-order chi connectivity index (χ0) is 41.3. The third-order valence-electron chi connectivity index (χ3n) is 10.4. The predicted molar refractivity (Wildman–Crippen MR) is 223 cm³/mol. The highest BCUT2D eigenvalue weighted by Crippen LogP contribution is 2.32. The van der Waals surface area contributed by atoms with Crippen molar-refractivity contribution in [3.63, 3.8) is 0 Å². The number of amides is 2. The van der Waals surface area contributed by atoms with Crippen LogP contribution in [0.4, 0.5) is 0 Å². The number of unbranched alkanes of at least 4 members (excludes halogenated alkanes) is 3. The second-order valence-corrected chi connectivity index (χ2v) is 14.3. The standard InChI is InChI=1S/C24H36N2O7.C21H19N3O/c1-25-23(30)22(9-8-13-28)26(2)24(31)21-11-10-20(17-19(21)18-29)33-16-6-3-5-14-32-15-7-4-12-27;1-24-19-9-10-22-13-18(19)17-7-5-14(11-20(17)24)15-6-8-21(23-12-15)25-16-3-2-4-16/h10-11,13,17-18,22,27H,3-9,12,14-16H2,1-2H3,(H,25,30);5-13,16H,2-4H2,1H3. The summed E-state index contributed by atoms with van der Waals surface area (Å²) in [7, 11) is 5.04. The fourth-order valence-electron chi connectivity index (χ4n) is 6.75. The molecule has 1 aliphatic rings. The summed E-state index contributed by atoms with van der Waals surface area (Å²) in [4.78, 5) is 57.4. The van der Waals surface area contributed by atoms with Gasteiger partial charge in [-0.3, -0.25) is 19.4 Å². The molecule has 0 radical (unpaired) electrons. The van der Waals surface area contributed by atoms with Gasteiger partial charge in [-0.25, -0.2) is 4.98 Å². The lowest BCUT2D eigenvalue weighted by molar-refractivity contribution is -0.125. The Balaban J connectivity index is 0.000000227. The molecule has 0 spiro atoms. The van der Waals surface area contributed by atoms with Crippen LogP contribution < -0.4 is 14.8 Å². The van der Waals surface area contributed by atoms with E-state index in [-0.39, 0.29) is 36.5 Å². The number of ether oxygens (including phenoxy) is 3. The molecule has 1 unspecified atom stereocenters. The van der Waals surface area contributed by atoms with Crippen LogP contribution in [-0.2, 0) is 21.4 Å². The number of aliphatic hydroxyl groups excluding tert-OH is 1. The van der Waals surface area contributed by atoms with Gasteiger partial charge in [0, 0.05) is 99.5 Å². The van der Waals surface area contributed by atoms with Crippen LogP contribution in [0.2, 0.25) is 0 Å². The maximum atomic E-state index is 12.9. The predicted octanol–water partition coefficient (Wildman–Crippen LogP) is 6.72. The van der Waals surface area contributed by atoms with Gasteiger partial charge in [-0.2, -0.15) is 0 Å². The summed E-state index contributed by atoms with van der Waals surface area (Å²) in [5, 5.41) is 13.6. The summed E-state index contributed by atoms with van der Waals surface area (Å²) >= 11 is 0. The van der Waals surface area contributed by atoms with Gasteiger partial charge >= 0.3 is 0 Å². The number of benzene rings is 2. The summed E-state index contributed by atoms with van der Waals surface area (Å²) < 4.78 is 19.2. The van der Waals surface area contributed by atoms with Crippen molar-refractivity contribution < 1.29 is 38.5 Å². The van der Waals surface area contributed by atoms with E-state index in [0.29, 0.717) is 44.2 Å². The number of hydrogen-bond acceptors (Lipinski definition) is 10. The van der Waals surface area contributed by atoms with E-state index in [1.54, 1.807) is 6.07 Å². The van der Waals surface area contributed by atoms with Crippen LogP contribution >= 0.6 is 0 Å². The number of likely N-dealkylation sites (N-methyl/N-ethyl adjacent to an activating group) is 2. The van der Waals surface area contributed by atoms with Gasteiger partial charge in [-0.05, 0) is 99.7 Å². The molecule has 2 N–H and O–H groups in total. The topological polar surface area (TPSA) is 162 Å². The Bertz CT molecular complexity index is 2110. The molecular weight excluding hydrogens is 739 g/mol. The maximum Gasteiger partial charge on any atom is 0.255 e. The number of carbonyl (C=O) groups excluding carboxylic acids is 4. The van der Waals surface area contributed by atoms with Crippen LogP contribution in [-0.4, -0.2) is 102 Å². The fourth-order valence-corrected chi connectivity index (χ4v) is 6.75. The molecule has 1 aliphatic carbocycles. The molecule has 2 amide bonds. The van der Waals surface area contributed by atoms with E-state index in [1.165, 1.54) is 59.4 Å². The molecule has 5 aromatic rings. The molecule has 13 nitrogen and oxygen atoms in total. The number of rotatable bonds is 21. The number of fused-ring (bicyclic) bond motifs is 3. The normalized spacial score (nSPS) is 12.9. The number of nitrogens with zero attached hydrogens (tertiary/aromatic N) is 4. The molecule has 0 aliphatic heterocycles. The number of aldehydes is 2. The van der Waals surface area contributed by atoms with Gasteiger partial charge in [-0.15, -0.1) is 0 Å². The zero-order valence-corrected chi connectivity index (χ0v) is 33.7. The highest BCUT2D eigenvalue weighted by Gasteiger charge is 2.28.